The van der Waals surface area contributed by atoms with E-state index in [4.69, 9.17) is 4.74 Å². The van der Waals surface area contributed by atoms with Crippen molar-refractivity contribution < 1.29 is 9.53 Å². The van der Waals surface area contributed by atoms with Crippen molar-refractivity contribution in [3.63, 3.8) is 0 Å². The van der Waals surface area contributed by atoms with E-state index in [0.717, 1.165) is 11.3 Å². The molecule has 0 aliphatic rings. The molecule has 0 atom stereocenters. The van der Waals surface area contributed by atoms with Gasteiger partial charge in [-0.15, -0.1) is 0 Å². The van der Waals surface area contributed by atoms with E-state index in [1.807, 2.05) is 51.1 Å². The fourth-order valence-electron chi connectivity index (χ4n) is 1.88. The summed E-state index contributed by atoms with van der Waals surface area (Å²) in [4.78, 5) is 16.1. The number of amides is 1. The highest BCUT2D eigenvalue weighted by Gasteiger charge is 2.04. The summed E-state index contributed by atoms with van der Waals surface area (Å²) < 4.78 is 5.43. The standard InChI is InChI=1S/C19H20N2O2/c1-14-6-8-17(12-15(14)2)19(22)20-10-4-5-11-23-18-9-7-16(3)21-13-18/h6-9,12-13H,10-11H2,1-3H3,(H,20,22). The van der Waals surface area contributed by atoms with Crippen LogP contribution in [-0.4, -0.2) is 24.0 Å². The summed E-state index contributed by atoms with van der Waals surface area (Å²) in [6, 6.07) is 9.38. The number of carbonyl (C=O) groups is 1. The van der Waals surface area contributed by atoms with E-state index < -0.39 is 0 Å². The van der Waals surface area contributed by atoms with E-state index >= 15 is 0 Å². The molecule has 0 aliphatic carbocycles. The third kappa shape index (κ3) is 5.15. The first-order valence-electron chi connectivity index (χ1n) is 7.43. The molecule has 0 saturated heterocycles. The number of ether oxygens (including phenoxy) is 1. The SMILES string of the molecule is Cc1ccc(OCC#CCNC(=O)c2ccc(C)c(C)c2)cn1. The van der Waals surface area contributed by atoms with Crippen molar-refractivity contribution in [2.24, 2.45) is 0 Å². The van der Waals surface area contributed by atoms with Crippen LogP contribution in [0.25, 0.3) is 0 Å². The van der Waals surface area contributed by atoms with Gasteiger partial charge in [-0.1, -0.05) is 17.9 Å². The maximum absolute atomic E-state index is 12.0. The van der Waals surface area contributed by atoms with Crippen molar-refractivity contribution in [2.45, 2.75) is 20.8 Å². The summed E-state index contributed by atoms with van der Waals surface area (Å²) in [7, 11) is 0. The molecule has 0 bridgehead atoms. The predicted octanol–water partition coefficient (Wildman–Crippen LogP) is 2.82. The monoisotopic (exact) mass is 308 g/mol. The molecule has 1 aromatic heterocycles. The van der Waals surface area contributed by atoms with Crippen LogP contribution in [-0.2, 0) is 0 Å². The van der Waals surface area contributed by atoms with Crippen LogP contribution < -0.4 is 10.1 Å². The Labute approximate surface area is 136 Å². The van der Waals surface area contributed by atoms with E-state index in [2.05, 4.69) is 22.1 Å². The van der Waals surface area contributed by atoms with Gasteiger partial charge in [0.2, 0.25) is 0 Å². The topological polar surface area (TPSA) is 51.2 Å². The molecule has 4 heteroatoms. The smallest absolute Gasteiger partial charge is 0.252 e. The zero-order valence-electron chi connectivity index (χ0n) is 13.6. The van der Waals surface area contributed by atoms with Crippen LogP contribution in [0.15, 0.2) is 36.5 Å². The molecule has 0 fully saturated rings. The molecule has 0 radical (unpaired) electrons. The van der Waals surface area contributed by atoms with Gasteiger partial charge in [-0.2, -0.15) is 0 Å². The molecule has 0 aliphatic heterocycles. The molecule has 2 aromatic rings. The minimum atomic E-state index is -0.119. The predicted molar refractivity (Wildman–Crippen MR) is 90.5 cm³/mol. The second kappa shape index (κ2) is 8.00. The van der Waals surface area contributed by atoms with Crippen molar-refractivity contribution in [1.82, 2.24) is 10.3 Å². The minimum Gasteiger partial charge on any atom is -0.479 e. The van der Waals surface area contributed by atoms with Gasteiger partial charge in [0.25, 0.3) is 5.91 Å². The molecular formula is C19H20N2O2. The number of aromatic nitrogens is 1. The Hall–Kier alpha value is -2.80. The molecule has 1 heterocycles. The second-order valence-corrected chi connectivity index (χ2v) is 5.26. The number of aryl methyl sites for hydroxylation is 3. The lowest BCUT2D eigenvalue weighted by Gasteiger charge is -2.04. The molecule has 2 rings (SSSR count). The van der Waals surface area contributed by atoms with Gasteiger partial charge in [0.15, 0.2) is 0 Å². The van der Waals surface area contributed by atoms with Crippen molar-refractivity contribution in [1.29, 1.82) is 0 Å². The number of nitrogens with one attached hydrogen (secondary N) is 1. The summed E-state index contributed by atoms with van der Waals surface area (Å²) in [6.07, 6.45) is 1.67. The van der Waals surface area contributed by atoms with Gasteiger partial charge in [0.1, 0.15) is 12.4 Å². The largest absolute Gasteiger partial charge is 0.479 e. The first-order chi connectivity index (χ1) is 11.1. The molecule has 1 N–H and O–H groups in total. The van der Waals surface area contributed by atoms with Gasteiger partial charge >= 0.3 is 0 Å². The first kappa shape index (κ1) is 16.6. The van der Waals surface area contributed by atoms with Gasteiger partial charge in [-0.3, -0.25) is 9.78 Å². The van der Waals surface area contributed by atoms with Crippen LogP contribution in [0.2, 0.25) is 0 Å². The Balaban J connectivity index is 1.75. The third-order valence-corrected chi connectivity index (χ3v) is 3.43. The number of carbonyl (C=O) groups excluding carboxylic acids is 1. The van der Waals surface area contributed by atoms with Crippen LogP contribution >= 0.6 is 0 Å². The van der Waals surface area contributed by atoms with E-state index in [9.17, 15) is 4.79 Å². The van der Waals surface area contributed by atoms with Gasteiger partial charge in [0.05, 0.1) is 12.7 Å². The van der Waals surface area contributed by atoms with Gasteiger partial charge in [-0.25, -0.2) is 0 Å². The van der Waals surface area contributed by atoms with Crippen molar-refractivity contribution >= 4 is 5.91 Å². The van der Waals surface area contributed by atoms with Crippen molar-refractivity contribution in [2.75, 3.05) is 13.2 Å². The van der Waals surface area contributed by atoms with Gasteiger partial charge in [-0.05, 0) is 56.2 Å². The summed E-state index contributed by atoms with van der Waals surface area (Å²) in [5.41, 5.74) is 3.86. The zero-order chi connectivity index (χ0) is 16.7. The Bertz CT molecular complexity index is 740. The van der Waals surface area contributed by atoms with Crippen LogP contribution in [0.4, 0.5) is 0 Å². The Kier molecular flexibility index (Phi) is 5.76. The molecule has 0 spiro atoms. The molecule has 0 unspecified atom stereocenters. The van der Waals surface area contributed by atoms with Crippen molar-refractivity contribution in [3.8, 4) is 17.6 Å². The average molecular weight is 308 g/mol. The number of nitrogens with zero attached hydrogens (tertiary/aromatic N) is 1. The average Bonchev–Trinajstić information content (AvgIpc) is 2.54. The normalized spacial score (nSPS) is 9.70. The quantitative estimate of drug-likeness (QED) is 0.884. The van der Waals surface area contributed by atoms with Gasteiger partial charge < -0.3 is 10.1 Å². The molecule has 23 heavy (non-hydrogen) atoms. The highest BCUT2D eigenvalue weighted by molar-refractivity contribution is 5.94. The number of hydrogen-bond acceptors (Lipinski definition) is 3. The minimum absolute atomic E-state index is 0.119. The number of rotatable bonds is 4. The Morgan fingerprint density at radius 3 is 2.65 bits per heavy atom. The molecule has 0 saturated carbocycles. The lowest BCUT2D eigenvalue weighted by molar-refractivity contribution is 0.0958. The lowest BCUT2D eigenvalue weighted by Crippen LogP contribution is -2.23. The van der Waals surface area contributed by atoms with E-state index in [0.29, 0.717) is 17.9 Å². The molecule has 4 nitrogen and oxygen atoms in total. The fourth-order valence-corrected chi connectivity index (χ4v) is 1.88. The Morgan fingerprint density at radius 2 is 1.96 bits per heavy atom. The molecule has 118 valence electrons. The number of pyridine rings is 1. The first-order valence-corrected chi connectivity index (χ1v) is 7.43. The molecule has 1 amide bonds. The summed E-state index contributed by atoms with van der Waals surface area (Å²) in [6.45, 7) is 6.49. The highest BCUT2D eigenvalue weighted by atomic mass is 16.5. The highest BCUT2D eigenvalue weighted by Crippen LogP contribution is 2.09. The summed E-state index contributed by atoms with van der Waals surface area (Å²) >= 11 is 0. The fraction of sp³-hybridized carbons (Fsp3) is 0.263. The van der Waals surface area contributed by atoms with Crippen LogP contribution in [0.5, 0.6) is 5.75 Å². The molecular weight excluding hydrogens is 288 g/mol. The lowest BCUT2D eigenvalue weighted by atomic mass is 10.1. The summed E-state index contributed by atoms with van der Waals surface area (Å²) in [5, 5.41) is 2.77. The zero-order valence-corrected chi connectivity index (χ0v) is 13.6. The number of benzene rings is 1. The van der Waals surface area contributed by atoms with Crippen LogP contribution in [0, 0.1) is 32.6 Å². The van der Waals surface area contributed by atoms with E-state index in [-0.39, 0.29) is 12.5 Å². The molecule has 1 aromatic carbocycles. The summed E-state index contributed by atoms with van der Waals surface area (Å²) in [5.74, 6) is 6.29. The van der Waals surface area contributed by atoms with Crippen molar-refractivity contribution in [3.05, 3.63) is 58.9 Å². The third-order valence-electron chi connectivity index (χ3n) is 3.43. The van der Waals surface area contributed by atoms with Crippen LogP contribution in [0.1, 0.15) is 27.2 Å². The maximum Gasteiger partial charge on any atom is 0.252 e. The Morgan fingerprint density at radius 1 is 1.13 bits per heavy atom. The van der Waals surface area contributed by atoms with Gasteiger partial charge in [0, 0.05) is 11.3 Å². The maximum atomic E-state index is 12.0. The number of hydrogen-bond donors (Lipinski definition) is 1. The van der Waals surface area contributed by atoms with E-state index in [1.54, 1.807) is 6.20 Å². The van der Waals surface area contributed by atoms with E-state index in [1.165, 1.54) is 5.56 Å². The second-order valence-electron chi connectivity index (χ2n) is 5.26. The van der Waals surface area contributed by atoms with Crippen LogP contribution in [0.3, 0.4) is 0 Å².